The highest BCUT2D eigenvalue weighted by atomic mass is 35.5. The predicted molar refractivity (Wildman–Crippen MR) is 111 cm³/mol. The first kappa shape index (κ1) is 20.1. The first-order valence-electron chi connectivity index (χ1n) is 9.79. The number of nitrogens with zero attached hydrogens (tertiary/aromatic N) is 4. The normalized spacial score (nSPS) is 16.0. The van der Waals surface area contributed by atoms with Crippen LogP contribution in [-0.2, 0) is 11.3 Å². The fourth-order valence-corrected chi connectivity index (χ4v) is 3.91. The Balaban J connectivity index is 1.60. The number of hydrogen-bond donors (Lipinski definition) is 0. The van der Waals surface area contributed by atoms with Crippen molar-refractivity contribution in [1.29, 1.82) is 0 Å². The number of amides is 1. The second kappa shape index (κ2) is 9.00. The van der Waals surface area contributed by atoms with Gasteiger partial charge in [-0.2, -0.15) is 0 Å². The van der Waals surface area contributed by atoms with Crippen LogP contribution in [-0.4, -0.2) is 71.4 Å². The summed E-state index contributed by atoms with van der Waals surface area (Å²) in [5.74, 6) is 0.225. The molecule has 27 heavy (non-hydrogen) atoms. The lowest BCUT2D eigenvalue weighted by Gasteiger charge is -2.35. The van der Waals surface area contributed by atoms with E-state index in [2.05, 4.69) is 22.8 Å². The van der Waals surface area contributed by atoms with Crippen LogP contribution in [0, 0.1) is 6.92 Å². The van der Waals surface area contributed by atoms with Gasteiger partial charge in [0.1, 0.15) is 0 Å². The van der Waals surface area contributed by atoms with E-state index >= 15 is 0 Å². The summed E-state index contributed by atoms with van der Waals surface area (Å²) in [6, 6.07) is 8.14. The molecule has 1 amide bonds. The van der Waals surface area contributed by atoms with E-state index < -0.39 is 0 Å². The van der Waals surface area contributed by atoms with Gasteiger partial charge in [0, 0.05) is 51.2 Å². The standard InChI is InChI=1S/C21H29ClN4O/c1-4-26(5-2)20(27)15-25-12-10-24(11-13-25)14-19-21(22)16(3)17-8-6-7-9-18(17)23-19/h6-9H,4-5,10-15H2,1-3H3. The van der Waals surface area contributed by atoms with Gasteiger partial charge in [0.2, 0.25) is 5.91 Å². The lowest BCUT2D eigenvalue weighted by molar-refractivity contribution is -0.132. The molecule has 0 N–H and O–H groups in total. The fourth-order valence-electron chi connectivity index (χ4n) is 3.71. The van der Waals surface area contributed by atoms with E-state index in [4.69, 9.17) is 16.6 Å². The molecule has 2 aromatic rings. The predicted octanol–water partition coefficient (Wildman–Crippen LogP) is 3.18. The third-order valence-corrected chi connectivity index (χ3v) is 5.96. The molecule has 1 aliphatic heterocycles. The van der Waals surface area contributed by atoms with Crippen molar-refractivity contribution in [2.45, 2.75) is 27.3 Å². The summed E-state index contributed by atoms with van der Waals surface area (Å²) >= 11 is 6.61. The van der Waals surface area contributed by atoms with Crippen molar-refractivity contribution < 1.29 is 4.79 Å². The molecule has 6 heteroatoms. The number of benzene rings is 1. The Morgan fingerprint density at radius 2 is 1.74 bits per heavy atom. The molecule has 0 unspecified atom stereocenters. The minimum absolute atomic E-state index is 0.225. The van der Waals surface area contributed by atoms with Gasteiger partial charge < -0.3 is 4.90 Å². The average Bonchev–Trinajstić information content (AvgIpc) is 2.68. The Morgan fingerprint density at radius 1 is 1.11 bits per heavy atom. The van der Waals surface area contributed by atoms with Gasteiger partial charge in [-0.05, 0) is 32.4 Å². The van der Waals surface area contributed by atoms with Crippen LogP contribution in [0.4, 0.5) is 0 Å². The molecule has 1 aliphatic rings. The summed E-state index contributed by atoms with van der Waals surface area (Å²) < 4.78 is 0. The third-order valence-electron chi connectivity index (χ3n) is 5.46. The second-order valence-electron chi connectivity index (χ2n) is 7.13. The van der Waals surface area contributed by atoms with Crippen LogP contribution in [0.1, 0.15) is 25.1 Å². The van der Waals surface area contributed by atoms with Crippen LogP contribution in [0.3, 0.4) is 0 Å². The fraction of sp³-hybridized carbons (Fsp3) is 0.524. The SMILES string of the molecule is CCN(CC)C(=O)CN1CCN(Cc2nc3ccccc3c(C)c2Cl)CC1. The molecule has 0 bridgehead atoms. The van der Waals surface area contributed by atoms with E-state index in [0.29, 0.717) is 6.54 Å². The summed E-state index contributed by atoms with van der Waals surface area (Å²) in [6.45, 7) is 12.6. The Bertz CT molecular complexity index is 798. The maximum atomic E-state index is 12.3. The molecule has 0 radical (unpaired) electrons. The summed E-state index contributed by atoms with van der Waals surface area (Å²) in [4.78, 5) is 23.6. The molecule has 0 aliphatic carbocycles. The van der Waals surface area contributed by atoms with Crippen molar-refractivity contribution in [2.75, 3.05) is 45.8 Å². The molecule has 1 fully saturated rings. The van der Waals surface area contributed by atoms with E-state index in [1.54, 1.807) is 0 Å². The van der Waals surface area contributed by atoms with E-state index in [-0.39, 0.29) is 5.91 Å². The molecule has 1 aromatic carbocycles. The van der Waals surface area contributed by atoms with Gasteiger partial charge in [0.05, 0.1) is 22.8 Å². The first-order valence-corrected chi connectivity index (χ1v) is 10.2. The highest BCUT2D eigenvalue weighted by Gasteiger charge is 2.22. The van der Waals surface area contributed by atoms with Crippen LogP contribution >= 0.6 is 11.6 Å². The number of carbonyl (C=O) groups is 1. The van der Waals surface area contributed by atoms with Gasteiger partial charge in [-0.3, -0.25) is 14.6 Å². The third kappa shape index (κ3) is 4.60. The van der Waals surface area contributed by atoms with Crippen LogP contribution in [0.15, 0.2) is 24.3 Å². The van der Waals surface area contributed by atoms with E-state index in [1.165, 1.54) is 0 Å². The number of likely N-dealkylation sites (N-methyl/N-ethyl adjacent to an activating group) is 1. The van der Waals surface area contributed by atoms with Crippen molar-refractivity contribution in [3.63, 3.8) is 0 Å². The largest absolute Gasteiger partial charge is 0.342 e. The Kier molecular flexibility index (Phi) is 6.68. The number of carbonyl (C=O) groups excluding carboxylic acids is 1. The van der Waals surface area contributed by atoms with E-state index in [9.17, 15) is 4.79 Å². The second-order valence-corrected chi connectivity index (χ2v) is 7.51. The molecular formula is C21H29ClN4O. The van der Waals surface area contributed by atoms with Crippen molar-refractivity contribution >= 4 is 28.4 Å². The molecule has 0 atom stereocenters. The maximum absolute atomic E-state index is 12.3. The number of aryl methyl sites for hydroxylation is 1. The maximum Gasteiger partial charge on any atom is 0.236 e. The quantitative estimate of drug-likeness (QED) is 0.762. The molecule has 0 spiro atoms. The number of para-hydroxylation sites is 1. The van der Waals surface area contributed by atoms with Gasteiger partial charge in [0.25, 0.3) is 0 Å². The number of rotatable bonds is 6. The van der Waals surface area contributed by atoms with Crippen LogP contribution in [0.25, 0.3) is 10.9 Å². The Labute approximate surface area is 166 Å². The summed E-state index contributed by atoms with van der Waals surface area (Å²) in [5, 5.41) is 1.89. The van der Waals surface area contributed by atoms with Gasteiger partial charge in [-0.25, -0.2) is 4.98 Å². The monoisotopic (exact) mass is 388 g/mol. The Hall–Kier alpha value is -1.69. The van der Waals surface area contributed by atoms with E-state index in [0.717, 1.165) is 73.0 Å². The van der Waals surface area contributed by atoms with Crippen molar-refractivity contribution in [1.82, 2.24) is 19.7 Å². The van der Waals surface area contributed by atoms with Crippen LogP contribution in [0.5, 0.6) is 0 Å². The molecule has 3 rings (SSSR count). The van der Waals surface area contributed by atoms with Crippen LogP contribution in [0.2, 0.25) is 5.02 Å². The molecular weight excluding hydrogens is 360 g/mol. The first-order chi connectivity index (χ1) is 13.0. The summed E-state index contributed by atoms with van der Waals surface area (Å²) in [5.41, 5.74) is 3.04. The smallest absolute Gasteiger partial charge is 0.236 e. The van der Waals surface area contributed by atoms with Gasteiger partial charge in [-0.1, -0.05) is 29.8 Å². The number of hydrogen-bond acceptors (Lipinski definition) is 4. The molecule has 5 nitrogen and oxygen atoms in total. The minimum Gasteiger partial charge on any atom is -0.342 e. The zero-order valence-corrected chi connectivity index (χ0v) is 17.3. The number of pyridine rings is 1. The highest BCUT2D eigenvalue weighted by molar-refractivity contribution is 6.32. The molecule has 1 saturated heterocycles. The zero-order chi connectivity index (χ0) is 19.4. The van der Waals surface area contributed by atoms with Crippen molar-refractivity contribution in [2.24, 2.45) is 0 Å². The van der Waals surface area contributed by atoms with Crippen molar-refractivity contribution in [3.8, 4) is 0 Å². The van der Waals surface area contributed by atoms with Gasteiger partial charge in [0.15, 0.2) is 0 Å². The number of fused-ring (bicyclic) bond motifs is 1. The number of aromatic nitrogens is 1. The summed E-state index contributed by atoms with van der Waals surface area (Å²) in [7, 11) is 0. The minimum atomic E-state index is 0.225. The molecule has 0 saturated carbocycles. The lowest BCUT2D eigenvalue weighted by Crippen LogP contribution is -2.49. The Morgan fingerprint density at radius 3 is 2.41 bits per heavy atom. The molecule has 2 heterocycles. The average molecular weight is 389 g/mol. The molecule has 1 aromatic heterocycles. The number of piperazine rings is 1. The molecule has 146 valence electrons. The van der Waals surface area contributed by atoms with Crippen molar-refractivity contribution in [3.05, 3.63) is 40.5 Å². The number of halogens is 1. The topological polar surface area (TPSA) is 39.7 Å². The van der Waals surface area contributed by atoms with E-state index in [1.807, 2.05) is 36.9 Å². The zero-order valence-electron chi connectivity index (χ0n) is 16.5. The summed E-state index contributed by atoms with van der Waals surface area (Å²) in [6.07, 6.45) is 0. The van der Waals surface area contributed by atoms with Crippen LogP contribution < -0.4 is 0 Å². The van der Waals surface area contributed by atoms with Gasteiger partial charge >= 0.3 is 0 Å². The lowest BCUT2D eigenvalue weighted by atomic mass is 10.1. The van der Waals surface area contributed by atoms with Gasteiger partial charge in [-0.15, -0.1) is 0 Å². The highest BCUT2D eigenvalue weighted by Crippen LogP contribution is 2.27.